The second-order valence-electron chi connectivity index (χ2n) is 8.29. The van der Waals surface area contributed by atoms with E-state index in [0.717, 1.165) is 0 Å². The van der Waals surface area contributed by atoms with E-state index in [1.165, 1.54) is 11.2 Å². The topological polar surface area (TPSA) is 80.0 Å². The molecule has 1 unspecified atom stereocenters. The summed E-state index contributed by atoms with van der Waals surface area (Å²) in [6, 6.07) is 16.3. The number of halogens is 1. The van der Waals surface area contributed by atoms with Gasteiger partial charge in [0.15, 0.2) is 0 Å². The van der Waals surface area contributed by atoms with Gasteiger partial charge in [-0.3, -0.25) is 9.59 Å². The number of carbonyl (C=O) groups excluding carboxylic acids is 2. The maximum absolute atomic E-state index is 13.1. The van der Waals surface area contributed by atoms with Crippen molar-refractivity contribution in [3.63, 3.8) is 0 Å². The standard InChI is InChI=1S/C26H24ClNO5/c1-16(2)15-33-20-11-7-18(8-12-20)24(29)22-23(17-5-9-19(27)10-6-17)28(26(31)25(22)30)14-21-4-3-13-32-21/h3-13,16,23,29H,14-15H2,1-2H3/b24-22-. The number of ketones is 1. The van der Waals surface area contributed by atoms with Gasteiger partial charge in [0, 0.05) is 10.6 Å². The van der Waals surface area contributed by atoms with Gasteiger partial charge in [-0.15, -0.1) is 0 Å². The molecule has 1 atom stereocenters. The Labute approximate surface area is 197 Å². The maximum Gasteiger partial charge on any atom is 0.296 e. The summed E-state index contributed by atoms with van der Waals surface area (Å²) in [4.78, 5) is 27.4. The molecular formula is C26H24ClNO5. The van der Waals surface area contributed by atoms with Crippen LogP contribution in [0.3, 0.4) is 0 Å². The van der Waals surface area contributed by atoms with Gasteiger partial charge in [0.05, 0.1) is 31.0 Å². The molecule has 33 heavy (non-hydrogen) atoms. The van der Waals surface area contributed by atoms with Crippen LogP contribution in [0, 0.1) is 5.92 Å². The van der Waals surface area contributed by atoms with E-state index < -0.39 is 17.7 Å². The van der Waals surface area contributed by atoms with Crippen LogP contribution in [0.2, 0.25) is 5.02 Å². The number of hydrogen-bond donors (Lipinski definition) is 1. The fourth-order valence-electron chi connectivity index (χ4n) is 3.73. The highest BCUT2D eigenvalue weighted by Gasteiger charge is 2.46. The van der Waals surface area contributed by atoms with Crippen LogP contribution >= 0.6 is 11.6 Å². The average Bonchev–Trinajstić information content (AvgIpc) is 3.41. The van der Waals surface area contributed by atoms with Gasteiger partial charge < -0.3 is 19.2 Å². The molecule has 2 heterocycles. The lowest BCUT2D eigenvalue weighted by molar-refractivity contribution is -0.140. The zero-order valence-electron chi connectivity index (χ0n) is 18.3. The van der Waals surface area contributed by atoms with E-state index in [-0.39, 0.29) is 17.9 Å². The first-order valence-corrected chi connectivity index (χ1v) is 11.0. The number of nitrogens with zero attached hydrogens (tertiary/aromatic N) is 1. The van der Waals surface area contributed by atoms with Crippen molar-refractivity contribution in [2.75, 3.05) is 6.61 Å². The average molecular weight is 466 g/mol. The van der Waals surface area contributed by atoms with Gasteiger partial charge in [-0.05, 0) is 60.0 Å². The minimum absolute atomic E-state index is 0.0183. The number of hydrogen-bond acceptors (Lipinski definition) is 5. The zero-order chi connectivity index (χ0) is 23.5. The van der Waals surface area contributed by atoms with E-state index in [0.29, 0.717) is 40.2 Å². The van der Waals surface area contributed by atoms with Gasteiger partial charge in [0.25, 0.3) is 11.7 Å². The molecular weight excluding hydrogens is 442 g/mol. The molecule has 1 aromatic heterocycles. The van der Waals surface area contributed by atoms with Gasteiger partial charge in [0.1, 0.15) is 17.3 Å². The first-order valence-electron chi connectivity index (χ1n) is 10.6. The number of carbonyl (C=O) groups is 2. The van der Waals surface area contributed by atoms with Crippen LogP contribution in [-0.2, 0) is 16.1 Å². The SMILES string of the molecule is CC(C)COc1ccc(/C(O)=C2/C(=O)C(=O)N(Cc3ccco3)C2c2ccc(Cl)cc2)cc1. The van der Waals surface area contributed by atoms with E-state index in [2.05, 4.69) is 13.8 Å². The molecule has 0 aliphatic carbocycles. The molecule has 1 aliphatic heterocycles. The Kier molecular flexibility index (Phi) is 6.56. The van der Waals surface area contributed by atoms with Gasteiger partial charge >= 0.3 is 0 Å². The van der Waals surface area contributed by atoms with Crippen molar-refractivity contribution in [1.82, 2.24) is 4.90 Å². The Morgan fingerprint density at radius 1 is 1.09 bits per heavy atom. The molecule has 2 aromatic carbocycles. The van der Waals surface area contributed by atoms with Crippen molar-refractivity contribution in [2.45, 2.75) is 26.4 Å². The lowest BCUT2D eigenvalue weighted by Crippen LogP contribution is -2.29. The third-order valence-corrected chi connectivity index (χ3v) is 5.60. The molecule has 6 nitrogen and oxygen atoms in total. The first kappa shape index (κ1) is 22.7. The quantitative estimate of drug-likeness (QED) is 0.279. The number of aliphatic hydroxyl groups is 1. The van der Waals surface area contributed by atoms with E-state index >= 15 is 0 Å². The summed E-state index contributed by atoms with van der Waals surface area (Å²) in [5.74, 6) is -0.132. The smallest absolute Gasteiger partial charge is 0.296 e. The highest BCUT2D eigenvalue weighted by Crippen LogP contribution is 2.40. The summed E-state index contributed by atoms with van der Waals surface area (Å²) < 4.78 is 11.1. The van der Waals surface area contributed by atoms with Crippen LogP contribution in [0.25, 0.3) is 5.76 Å². The summed E-state index contributed by atoms with van der Waals surface area (Å²) in [5.41, 5.74) is 1.09. The van der Waals surface area contributed by atoms with Crippen LogP contribution in [0.5, 0.6) is 5.75 Å². The summed E-state index contributed by atoms with van der Waals surface area (Å²) in [7, 11) is 0. The van der Waals surface area contributed by atoms with Crippen LogP contribution < -0.4 is 4.74 Å². The van der Waals surface area contributed by atoms with Crippen molar-refractivity contribution in [3.05, 3.63) is 94.4 Å². The Bertz CT molecular complexity index is 1160. The maximum atomic E-state index is 13.1. The first-order chi connectivity index (χ1) is 15.8. The highest BCUT2D eigenvalue weighted by molar-refractivity contribution is 6.46. The normalized spacial score (nSPS) is 17.7. The number of aliphatic hydroxyl groups excluding tert-OH is 1. The second kappa shape index (κ2) is 9.55. The molecule has 0 radical (unpaired) electrons. The number of rotatable bonds is 7. The van der Waals surface area contributed by atoms with E-state index in [1.54, 1.807) is 60.7 Å². The summed E-state index contributed by atoms with van der Waals surface area (Å²) in [5, 5.41) is 11.7. The summed E-state index contributed by atoms with van der Waals surface area (Å²) in [6.45, 7) is 4.76. The summed E-state index contributed by atoms with van der Waals surface area (Å²) in [6.07, 6.45) is 1.51. The molecule has 1 N–H and O–H groups in total. The molecule has 0 spiro atoms. The van der Waals surface area contributed by atoms with Gasteiger partial charge in [0.2, 0.25) is 0 Å². The van der Waals surface area contributed by atoms with Gasteiger partial charge in [-0.25, -0.2) is 0 Å². The fraction of sp³-hybridized carbons (Fsp3) is 0.231. The predicted molar refractivity (Wildman–Crippen MR) is 125 cm³/mol. The van der Waals surface area contributed by atoms with Crippen LogP contribution in [0.4, 0.5) is 0 Å². The lowest BCUT2D eigenvalue weighted by Gasteiger charge is -2.24. The third kappa shape index (κ3) is 4.81. The molecule has 1 aliphatic rings. The molecule has 0 bridgehead atoms. The monoisotopic (exact) mass is 465 g/mol. The number of benzene rings is 2. The number of likely N-dealkylation sites (tertiary alicyclic amines) is 1. The Hall–Kier alpha value is -3.51. The molecule has 1 amide bonds. The number of amides is 1. The van der Waals surface area contributed by atoms with Gasteiger partial charge in [-0.1, -0.05) is 37.6 Å². The van der Waals surface area contributed by atoms with E-state index in [1.807, 2.05) is 0 Å². The lowest BCUT2D eigenvalue weighted by atomic mass is 9.95. The Morgan fingerprint density at radius 2 is 1.79 bits per heavy atom. The van der Waals surface area contributed by atoms with Crippen molar-refractivity contribution in [2.24, 2.45) is 5.92 Å². The number of ether oxygens (including phenoxy) is 1. The zero-order valence-corrected chi connectivity index (χ0v) is 19.1. The van der Waals surface area contributed by atoms with Crippen LogP contribution in [0.1, 0.15) is 36.8 Å². The Morgan fingerprint density at radius 3 is 2.39 bits per heavy atom. The van der Waals surface area contributed by atoms with Gasteiger partial charge in [-0.2, -0.15) is 0 Å². The predicted octanol–water partition coefficient (Wildman–Crippen LogP) is 5.59. The summed E-state index contributed by atoms with van der Waals surface area (Å²) >= 11 is 6.05. The van der Waals surface area contributed by atoms with Crippen LogP contribution in [-0.4, -0.2) is 28.3 Å². The molecule has 4 rings (SSSR count). The highest BCUT2D eigenvalue weighted by atomic mass is 35.5. The van der Waals surface area contributed by atoms with Crippen molar-refractivity contribution < 1.29 is 23.8 Å². The van der Waals surface area contributed by atoms with Crippen LogP contribution in [0.15, 0.2) is 76.9 Å². The largest absolute Gasteiger partial charge is 0.507 e. The fourth-order valence-corrected chi connectivity index (χ4v) is 3.86. The molecule has 1 saturated heterocycles. The molecule has 0 saturated carbocycles. The minimum atomic E-state index is -0.788. The van der Waals surface area contributed by atoms with Crippen molar-refractivity contribution >= 4 is 29.1 Å². The van der Waals surface area contributed by atoms with E-state index in [9.17, 15) is 14.7 Å². The number of Topliss-reactive ketones (excluding diaryl/α,β-unsaturated/α-hetero) is 1. The van der Waals surface area contributed by atoms with E-state index in [4.69, 9.17) is 20.8 Å². The van der Waals surface area contributed by atoms with Crippen molar-refractivity contribution in [1.29, 1.82) is 0 Å². The Balaban J connectivity index is 1.75. The number of furan rings is 1. The second-order valence-corrected chi connectivity index (χ2v) is 8.72. The molecule has 170 valence electrons. The molecule has 1 fully saturated rings. The molecule has 3 aromatic rings. The molecule has 7 heteroatoms. The third-order valence-electron chi connectivity index (χ3n) is 5.34. The van der Waals surface area contributed by atoms with Crippen molar-refractivity contribution in [3.8, 4) is 5.75 Å². The minimum Gasteiger partial charge on any atom is -0.507 e.